The van der Waals surface area contributed by atoms with Crippen LogP contribution in [0.1, 0.15) is 37.7 Å². The molecule has 4 heteroatoms. The number of nitrogens with one attached hydrogen (secondary N) is 2. The largest absolute Gasteiger partial charge is 0.385 e. The first-order valence-corrected chi connectivity index (χ1v) is 7.65. The van der Waals surface area contributed by atoms with Crippen molar-refractivity contribution in [2.75, 3.05) is 17.2 Å². The number of hydrogen-bond donors (Lipinski definition) is 3. The molecule has 108 valence electrons. The highest BCUT2D eigenvalue weighted by molar-refractivity contribution is 5.93. The van der Waals surface area contributed by atoms with Gasteiger partial charge in [0.05, 0.1) is 0 Å². The van der Waals surface area contributed by atoms with Crippen molar-refractivity contribution < 1.29 is 4.79 Å². The Kier molecular flexibility index (Phi) is 3.92. The number of carbonyl (C=O) groups excluding carboxylic acids is 1. The molecule has 1 aliphatic heterocycles. The van der Waals surface area contributed by atoms with Crippen LogP contribution in [0.2, 0.25) is 0 Å². The number of fused-ring (bicyclic) bond motifs is 1. The van der Waals surface area contributed by atoms with Crippen LogP contribution < -0.4 is 16.4 Å². The summed E-state index contributed by atoms with van der Waals surface area (Å²) in [6.07, 6.45) is 6.13. The molecule has 4 N–H and O–H groups in total. The van der Waals surface area contributed by atoms with Gasteiger partial charge >= 0.3 is 0 Å². The second kappa shape index (κ2) is 5.83. The molecule has 1 saturated carbocycles. The summed E-state index contributed by atoms with van der Waals surface area (Å²) in [4.78, 5) is 12.3. The average molecular weight is 273 g/mol. The third kappa shape index (κ3) is 2.96. The summed E-state index contributed by atoms with van der Waals surface area (Å²) in [5, 5.41) is 6.44. The molecule has 0 radical (unpaired) electrons. The van der Waals surface area contributed by atoms with E-state index < -0.39 is 0 Å². The predicted octanol–water partition coefficient (Wildman–Crippen LogP) is 2.50. The summed E-state index contributed by atoms with van der Waals surface area (Å²) in [6.45, 7) is 1.04. The van der Waals surface area contributed by atoms with Crippen LogP contribution >= 0.6 is 0 Å². The minimum atomic E-state index is 0.0768. The molecule has 4 nitrogen and oxygen atoms in total. The van der Waals surface area contributed by atoms with Crippen LogP contribution in [0.3, 0.4) is 0 Å². The van der Waals surface area contributed by atoms with Crippen LogP contribution in [0.4, 0.5) is 11.4 Å². The Morgan fingerprint density at radius 1 is 1.30 bits per heavy atom. The van der Waals surface area contributed by atoms with Gasteiger partial charge in [0.2, 0.25) is 5.91 Å². The van der Waals surface area contributed by atoms with E-state index in [1.165, 1.54) is 11.3 Å². The topological polar surface area (TPSA) is 67.2 Å². The van der Waals surface area contributed by atoms with Gasteiger partial charge in [-0.2, -0.15) is 0 Å². The highest BCUT2D eigenvalue weighted by atomic mass is 16.1. The average Bonchev–Trinajstić information content (AvgIpc) is 2.47. The van der Waals surface area contributed by atoms with Crippen molar-refractivity contribution in [1.29, 1.82) is 0 Å². The lowest BCUT2D eigenvalue weighted by molar-refractivity contribution is -0.120. The molecule has 0 aromatic heterocycles. The van der Waals surface area contributed by atoms with Crippen LogP contribution in [0.5, 0.6) is 0 Å². The Morgan fingerprint density at radius 2 is 2.20 bits per heavy atom. The predicted molar refractivity (Wildman–Crippen MR) is 81.8 cm³/mol. The molecule has 1 heterocycles. The summed E-state index contributed by atoms with van der Waals surface area (Å²) in [5.74, 6) is 0.205. The lowest BCUT2D eigenvalue weighted by Gasteiger charge is -2.26. The normalized spacial score (nSPS) is 25.4. The highest BCUT2D eigenvalue weighted by Crippen LogP contribution is 2.27. The zero-order valence-electron chi connectivity index (χ0n) is 11.8. The second-order valence-electron chi connectivity index (χ2n) is 6.02. The van der Waals surface area contributed by atoms with E-state index in [4.69, 9.17) is 5.73 Å². The summed E-state index contributed by atoms with van der Waals surface area (Å²) in [7, 11) is 0. The van der Waals surface area contributed by atoms with Crippen molar-refractivity contribution in [3.05, 3.63) is 23.8 Å². The van der Waals surface area contributed by atoms with Gasteiger partial charge in [-0.15, -0.1) is 0 Å². The van der Waals surface area contributed by atoms with E-state index >= 15 is 0 Å². The molecule has 0 saturated heterocycles. The fraction of sp³-hybridized carbons (Fsp3) is 0.562. The number of rotatable bonds is 2. The smallest absolute Gasteiger partial charge is 0.227 e. The third-order valence-corrected chi connectivity index (χ3v) is 4.40. The molecule has 1 aromatic rings. The van der Waals surface area contributed by atoms with Crippen molar-refractivity contribution >= 4 is 17.3 Å². The minimum absolute atomic E-state index is 0.0768. The number of carbonyl (C=O) groups is 1. The van der Waals surface area contributed by atoms with Crippen molar-refractivity contribution in [1.82, 2.24) is 0 Å². The molecule has 2 atom stereocenters. The zero-order chi connectivity index (χ0) is 13.9. The van der Waals surface area contributed by atoms with Gasteiger partial charge in [-0.3, -0.25) is 4.79 Å². The molecule has 0 spiro atoms. The Balaban J connectivity index is 1.66. The van der Waals surface area contributed by atoms with E-state index in [2.05, 4.69) is 22.8 Å². The summed E-state index contributed by atoms with van der Waals surface area (Å²) in [5.41, 5.74) is 9.38. The van der Waals surface area contributed by atoms with Crippen molar-refractivity contribution in [3.63, 3.8) is 0 Å². The van der Waals surface area contributed by atoms with Gasteiger partial charge in [0, 0.05) is 29.9 Å². The fourth-order valence-corrected chi connectivity index (χ4v) is 3.26. The molecule has 1 fully saturated rings. The van der Waals surface area contributed by atoms with E-state index in [0.717, 1.165) is 50.8 Å². The van der Waals surface area contributed by atoms with Crippen molar-refractivity contribution in [2.45, 2.75) is 44.6 Å². The van der Waals surface area contributed by atoms with E-state index in [1.807, 2.05) is 6.07 Å². The molecular weight excluding hydrogens is 250 g/mol. The first-order chi connectivity index (χ1) is 9.72. The molecule has 1 amide bonds. The number of nitrogens with two attached hydrogens (primary N) is 1. The first kappa shape index (κ1) is 13.4. The Labute approximate surface area is 120 Å². The first-order valence-electron chi connectivity index (χ1n) is 7.65. The Morgan fingerprint density at radius 3 is 3.05 bits per heavy atom. The maximum absolute atomic E-state index is 12.3. The Hall–Kier alpha value is -1.55. The van der Waals surface area contributed by atoms with Crippen LogP contribution in [0.15, 0.2) is 18.2 Å². The Bertz CT molecular complexity index is 500. The molecule has 0 bridgehead atoms. The molecule has 3 rings (SSSR count). The number of hydrogen-bond acceptors (Lipinski definition) is 3. The van der Waals surface area contributed by atoms with E-state index in [9.17, 15) is 4.79 Å². The standard InChI is InChI=1S/C16H23N3O/c17-13-5-1-3-12(9-13)16(20)19-14-6-7-15-11(10-14)4-2-8-18-15/h6-7,10,12-13,18H,1-5,8-9,17H2,(H,19,20). The second-order valence-corrected chi connectivity index (χ2v) is 6.02. The van der Waals surface area contributed by atoms with Gasteiger partial charge in [0.15, 0.2) is 0 Å². The SMILES string of the molecule is NC1CCCC(C(=O)Nc2ccc3c(c2)CCCN3)C1. The molecule has 1 aromatic carbocycles. The molecule has 1 aliphatic carbocycles. The quantitative estimate of drug-likeness (QED) is 0.775. The fourth-order valence-electron chi connectivity index (χ4n) is 3.26. The van der Waals surface area contributed by atoms with Crippen LogP contribution in [0, 0.1) is 5.92 Å². The van der Waals surface area contributed by atoms with Crippen molar-refractivity contribution in [3.8, 4) is 0 Å². The van der Waals surface area contributed by atoms with E-state index in [0.29, 0.717) is 0 Å². The molecule has 20 heavy (non-hydrogen) atoms. The van der Waals surface area contributed by atoms with E-state index in [1.54, 1.807) is 0 Å². The molecular formula is C16H23N3O. The zero-order valence-corrected chi connectivity index (χ0v) is 11.8. The lowest BCUT2D eigenvalue weighted by Crippen LogP contribution is -2.34. The van der Waals surface area contributed by atoms with Gasteiger partial charge in [0.25, 0.3) is 0 Å². The van der Waals surface area contributed by atoms with Gasteiger partial charge in [-0.25, -0.2) is 0 Å². The van der Waals surface area contributed by atoms with Crippen LogP contribution in [0.25, 0.3) is 0 Å². The highest BCUT2D eigenvalue weighted by Gasteiger charge is 2.25. The minimum Gasteiger partial charge on any atom is -0.385 e. The van der Waals surface area contributed by atoms with Crippen LogP contribution in [-0.4, -0.2) is 18.5 Å². The maximum Gasteiger partial charge on any atom is 0.227 e. The number of aryl methyl sites for hydroxylation is 1. The van der Waals surface area contributed by atoms with Crippen molar-refractivity contribution in [2.24, 2.45) is 11.7 Å². The number of anilines is 2. The van der Waals surface area contributed by atoms with Gasteiger partial charge < -0.3 is 16.4 Å². The molecule has 2 aliphatic rings. The van der Waals surface area contributed by atoms with Gasteiger partial charge in [-0.1, -0.05) is 6.42 Å². The van der Waals surface area contributed by atoms with Gasteiger partial charge in [0.1, 0.15) is 0 Å². The monoisotopic (exact) mass is 273 g/mol. The molecule has 2 unspecified atom stereocenters. The summed E-state index contributed by atoms with van der Waals surface area (Å²) < 4.78 is 0. The number of amides is 1. The summed E-state index contributed by atoms with van der Waals surface area (Å²) >= 11 is 0. The summed E-state index contributed by atoms with van der Waals surface area (Å²) in [6, 6.07) is 6.34. The third-order valence-electron chi connectivity index (χ3n) is 4.40. The van der Waals surface area contributed by atoms with E-state index in [-0.39, 0.29) is 17.9 Å². The lowest BCUT2D eigenvalue weighted by atomic mass is 9.85. The number of benzene rings is 1. The van der Waals surface area contributed by atoms with Gasteiger partial charge in [-0.05, 0) is 55.9 Å². The maximum atomic E-state index is 12.3. The van der Waals surface area contributed by atoms with Crippen LogP contribution in [-0.2, 0) is 11.2 Å².